The number of hydrogen-bond donors (Lipinski definition) is 2. The molecule has 0 aliphatic carbocycles. The van der Waals surface area contributed by atoms with Crippen molar-refractivity contribution in [2.24, 2.45) is 10.7 Å². The molecule has 2 heterocycles. The van der Waals surface area contributed by atoms with Gasteiger partial charge in [-0.15, -0.1) is 0 Å². The molecular formula is C11H14N5O-. The van der Waals surface area contributed by atoms with Crippen LogP contribution in [0.2, 0.25) is 0 Å². The molecule has 0 fully saturated rings. The summed E-state index contributed by atoms with van der Waals surface area (Å²) >= 11 is 0. The van der Waals surface area contributed by atoms with Gasteiger partial charge < -0.3 is 16.1 Å². The predicted octanol–water partition coefficient (Wildman–Crippen LogP) is 0.791. The number of benzene rings is 1. The van der Waals surface area contributed by atoms with Crippen LogP contribution in [0.15, 0.2) is 17.1 Å². The molecule has 0 saturated heterocycles. The van der Waals surface area contributed by atoms with Gasteiger partial charge in [0.15, 0.2) is 0 Å². The lowest BCUT2D eigenvalue weighted by atomic mass is 10.1. The van der Waals surface area contributed by atoms with Crippen molar-refractivity contribution in [1.29, 1.82) is 0 Å². The fraction of sp³-hybridized carbons (Fsp3) is 0.364. The summed E-state index contributed by atoms with van der Waals surface area (Å²) in [6.07, 6.45) is 0. The van der Waals surface area contributed by atoms with E-state index in [0.717, 1.165) is 19.6 Å². The molecule has 0 amide bonds. The molecule has 6 heteroatoms. The molecule has 6 nitrogen and oxygen atoms in total. The number of nitrogens with one attached hydrogen (secondary N) is 1. The molecule has 0 saturated carbocycles. The zero-order valence-corrected chi connectivity index (χ0v) is 9.60. The van der Waals surface area contributed by atoms with Gasteiger partial charge in [0.2, 0.25) is 5.96 Å². The first-order chi connectivity index (χ1) is 8.17. The number of fused-ring (bicyclic) bond motifs is 2. The Labute approximate surface area is 99.3 Å². The van der Waals surface area contributed by atoms with E-state index >= 15 is 0 Å². The van der Waals surface area contributed by atoms with Crippen molar-refractivity contribution in [2.45, 2.75) is 20.0 Å². The summed E-state index contributed by atoms with van der Waals surface area (Å²) in [5, 5.41) is 12.4. The van der Waals surface area contributed by atoms with E-state index in [9.17, 15) is 5.21 Å². The molecule has 3 rings (SSSR count). The SMILES string of the molecule is CCN1Cc2cc3c(cc2C1)N([O-])NC(N)=N3. The number of guanidine groups is 1. The third-order valence-corrected chi connectivity index (χ3v) is 3.21. The second kappa shape index (κ2) is 3.61. The number of nitrogens with two attached hydrogens (primary N) is 1. The molecule has 0 bridgehead atoms. The number of hydrazine groups is 1. The van der Waals surface area contributed by atoms with Crippen LogP contribution in [-0.4, -0.2) is 17.4 Å². The minimum atomic E-state index is 0.137. The van der Waals surface area contributed by atoms with Crippen molar-refractivity contribution in [3.63, 3.8) is 0 Å². The van der Waals surface area contributed by atoms with Gasteiger partial charge in [0, 0.05) is 13.1 Å². The van der Waals surface area contributed by atoms with Crippen molar-refractivity contribution in [3.8, 4) is 0 Å². The van der Waals surface area contributed by atoms with Gasteiger partial charge in [-0.2, -0.15) is 0 Å². The molecule has 90 valence electrons. The van der Waals surface area contributed by atoms with E-state index in [1.807, 2.05) is 12.1 Å². The van der Waals surface area contributed by atoms with Crippen LogP contribution in [0.1, 0.15) is 18.1 Å². The number of anilines is 1. The molecular weight excluding hydrogens is 218 g/mol. The number of rotatable bonds is 1. The topological polar surface area (TPSA) is 80.0 Å². The lowest BCUT2D eigenvalue weighted by Crippen LogP contribution is -2.44. The number of nitrogens with zero attached hydrogens (tertiary/aromatic N) is 3. The molecule has 1 aromatic rings. The highest BCUT2D eigenvalue weighted by molar-refractivity contribution is 5.89. The fourth-order valence-electron chi connectivity index (χ4n) is 2.29. The summed E-state index contributed by atoms with van der Waals surface area (Å²) in [6.45, 7) is 4.94. The van der Waals surface area contributed by atoms with Gasteiger partial charge in [-0.25, -0.2) is 4.99 Å². The molecule has 0 spiro atoms. The summed E-state index contributed by atoms with van der Waals surface area (Å²) in [5.74, 6) is 0.137. The van der Waals surface area contributed by atoms with Gasteiger partial charge in [0.1, 0.15) is 0 Å². The summed E-state index contributed by atoms with van der Waals surface area (Å²) in [7, 11) is 0. The maximum atomic E-state index is 11.7. The zero-order valence-electron chi connectivity index (χ0n) is 9.60. The van der Waals surface area contributed by atoms with E-state index < -0.39 is 0 Å². The van der Waals surface area contributed by atoms with Gasteiger partial charge in [-0.3, -0.25) is 10.3 Å². The maximum Gasteiger partial charge on any atom is 0.212 e. The second-order valence-electron chi connectivity index (χ2n) is 4.32. The van der Waals surface area contributed by atoms with E-state index in [-0.39, 0.29) is 5.96 Å². The van der Waals surface area contributed by atoms with Crippen LogP contribution >= 0.6 is 0 Å². The predicted molar refractivity (Wildman–Crippen MR) is 66.5 cm³/mol. The van der Waals surface area contributed by atoms with Crippen LogP contribution in [0.25, 0.3) is 0 Å². The van der Waals surface area contributed by atoms with Gasteiger partial charge in [0.05, 0.1) is 11.4 Å². The molecule has 0 unspecified atom stereocenters. The van der Waals surface area contributed by atoms with Gasteiger partial charge in [0.25, 0.3) is 0 Å². The zero-order chi connectivity index (χ0) is 12.0. The first-order valence-electron chi connectivity index (χ1n) is 5.63. The van der Waals surface area contributed by atoms with Crippen LogP contribution in [0.4, 0.5) is 11.4 Å². The molecule has 0 aromatic heterocycles. The monoisotopic (exact) mass is 232 g/mol. The van der Waals surface area contributed by atoms with E-state index in [4.69, 9.17) is 5.73 Å². The summed E-state index contributed by atoms with van der Waals surface area (Å²) in [5.41, 5.74) is 11.6. The van der Waals surface area contributed by atoms with Crippen LogP contribution < -0.4 is 16.3 Å². The highest BCUT2D eigenvalue weighted by atomic mass is 16.5. The third-order valence-electron chi connectivity index (χ3n) is 3.21. The number of aliphatic imine (C=N–C) groups is 1. The Bertz CT molecular complexity index is 499. The Balaban J connectivity index is 2.05. The average Bonchev–Trinajstić information content (AvgIpc) is 2.68. The van der Waals surface area contributed by atoms with Crippen LogP contribution in [-0.2, 0) is 13.1 Å². The van der Waals surface area contributed by atoms with Crippen molar-refractivity contribution >= 4 is 17.3 Å². The Kier molecular flexibility index (Phi) is 2.20. The Morgan fingerprint density at radius 1 is 1.41 bits per heavy atom. The standard InChI is InChI=1S/C11H14N5O/c1-2-15-5-7-3-9-10(4-8(7)6-15)16(17)14-11(12)13-9/h3-4H,2,5-6H2,1H3,(H3,12,13,14)/q-1. The summed E-state index contributed by atoms with van der Waals surface area (Å²) < 4.78 is 0. The van der Waals surface area contributed by atoms with Crippen molar-refractivity contribution < 1.29 is 0 Å². The second-order valence-corrected chi connectivity index (χ2v) is 4.32. The van der Waals surface area contributed by atoms with Crippen LogP contribution in [0.3, 0.4) is 0 Å². The highest BCUT2D eigenvalue weighted by Crippen LogP contribution is 2.36. The summed E-state index contributed by atoms with van der Waals surface area (Å²) in [4.78, 5) is 6.46. The fourth-order valence-corrected chi connectivity index (χ4v) is 2.29. The average molecular weight is 232 g/mol. The maximum absolute atomic E-state index is 11.7. The molecule has 2 aliphatic rings. The van der Waals surface area contributed by atoms with Gasteiger partial charge in [-0.1, -0.05) is 6.92 Å². The molecule has 0 atom stereocenters. The van der Waals surface area contributed by atoms with Gasteiger partial charge >= 0.3 is 0 Å². The van der Waals surface area contributed by atoms with Gasteiger partial charge in [-0.05, 0) is 29.8 Å². The quantitative estimate of drug-likeness (QED) is 0.748. The van der Waals surface area contributed by atoms with Crippen LogP contribution in [0.5, 0.6) is 0 Å². The minimum absolute atomic E-state index is 0.137. The lowest BCUT2D eigenvalue weighted by Gasteiger charge is -2.35. The molecule has 17 heavy (non-hydrogen) atoms. The van der Waals surface area contributed by atoms with Crippen molar-refractivity contribution in [1.82, 2.24) is 10.3 Å². The summed E-state index contributed by atoms with van der Waals surface area (Å²) in [6, 6.07) is 3.86. The van der Waals surface area contributed by atoms with E-state index in [1.165, 1.54) is 11.1 Å². The third kappa shape index (κ3) is 1.62. The van der Waals surface area contributed by atoms with Crippen LogP contribution in [0, 0.1) is 5.21 Å². The van der Waals surface area contributed by atoms with Crippen molar-refractivity contribution in [2.75, 3.05) is 11.7 Å². The Morgan fingerprint density at radius 2 is 2.12 bits per heavy atom. The number of hydrogen-bond acceptors (Lipinski definition) is 6. The smallest absolute Gasteiger partial charge is 0.212 e. The van der Waals surface area contributed by atoms with E-state index in [0.29, 0.717) is 16.5 Å². The largest absolute Gasteiger partial charge is 0.739 e. The van der Waals surface area contributed by atoms with E-state index in [1.54, 1.807) is 0 Å². The highest BCUT2D eigenvalue weighted by Gasteiger charge is 2.21. The first-order valence-corrected chi connectivity index (χ1v) is 5.63. The Hall–Kier alpha value is -1.79. The Morgan fingerprint density at radius 3 is 2.82 bits per heavy atom. The minimum Gasteiger partial charge on any atom is -0.739 e. The van der Waals surface area contributed by atoms with E-state index in [2.05, 4.69) is 22.2 Å². The molecule has 1 aromatic carbocycles. The first kappa shape index (κ1) is 10.4. The molecule has 0 radical (unpaired) electrons. The lowest BCUT2D eigenvalue weighted by molar-refractivity contribution is 0.301. The molecule has 2 aliphatic heterocycles. The normalized spacial score (nSPS) is 18.5. The molecule has 3 N–H and O–H groups in total. The van der Waals surface area contributed by atoms with Crippen molar-refractivity contribution in [3.05, 3.63) is 28.5 Å².